The van der Waals surface area contributed by atoms with E-state index in [2.05, 4.69) is 64.4 Å². The Bertz CT molecular complexity index is 2390. The molecule has 2 fully saturated rings. The number of ether oxygens (including phenoxy) is 1. The molecular formula is C43H52Cl2N12O3. The van der Waals surface area contributed by atoms with Crippen LogP contribution in [0, 0.1) is 17.8 Å². The van der Waals surface area contributed by atoms with Crippen LogP contribution in [0.3, 0.4) is 0 Å². The second-order valence-corrected chi connectivity index (χ2v) is 16.7. The number of hydrogen-bond acceptors (Lipinski definition) is 11. The Labute approximate surface area is 359 Å². The van der Waals surface area contributed by atoms with Crippen molar-refractivity contribution in [2.75, 3.05) is 63.6 Å². The quantitative estimate of drug-likeness (QED) is 0.0892. The van der Waals surface area contributed by atoms with Crippen LogP contribution >= 0.6 is 23.2 Å². The number of nitrogens with zero attached hydrogens (tertiary/aromatic N) is 8. The first-order valence-corrected chi connectivity index (χ1v) is 21.3. The predicted molar refractivity (Wildman–Crippen MR) is 236 cm³/mol. The molecule has 8 rings (SSSR count). The van der Waals surface area contributed by atoms with E-state index in [9.17, 15) is 9.59 Å². The number of aromatic nitrogens is 8. The number of methoxy groups -OCH3 is 1. The van der Waals surface area contributed by atoms with Crippen LogP contribution in [0.4, 0.5) is 11.6 Å². The summed E-state index contributed by atoms with van der Waals surface area (Å²) in [5, 5.41) is 9.77. The van der Waals surface area contributed by atoms with E-state index in [-0.39, 0.29) is 11.8 Å². The maximum absolute atomic E-state index is 12.4. The molecule has 15 nitrogen and oxygen atoms in total. The lowest BCUT2D eigenvalue weighted by Gasteiger charge is -2.33. The van der Waals surface area contributed by atoms with Gasteiger partial charge < -0.3 is 35.1 Å². The van der Waals surface area contributed by atoms with Gasteiger partial charge >= 0.3 is 0 Å². The Balaban J connectivity index is 0.000000181. The van der Waals surface area contributed by atoms with E-state index in [0.717, 1.165) is 110 Å². The number of piperidine rings is 2. The zero-order valence-electron chi connectivity index (χ0n) is 34.3. The van der Waals surface area contributed by atoms with Gasteiger partial charge in [-0.2, -0.15) is 0 Å². The number of pyridine rings is 2. The Kier molecular flexibility index (Phi) is 14.4. The van der Waals surface area contributed by atoms with Gasteiger partial charge in [0.05, 0.1) is 23.1 Å². The summed E-state index contributed by atoms with van der Waals surface area (Å²) >= 11 is 12.2. The number of amides is 2. The molecule has 60 heavy (non-hydrogen) atoms. The summed E-state index contributed by atoms with van der Waals surface area (Å²) < 4.78 is 5.02. The van der Waals surface area contributed by atoms with Crippen molar-refractivity contribution in [1.29, 1.82) is 0 Å². The van der Waals surface area contributed by atoms with E-state index in [1.165, 1.54) is 0 Å². The van der Waals surface area contributed by atoms with Gasteiger partial charge in [-0.1, -0.05) is 37.0 Å². The average Bonchev–Trinajstić information content (AvgIpc) is 3.88. The first-order chi connectivity index (χ1) is 29.1. The number of hydrogen-bond donors (Lipinski definition) is 4. The number of aromatic amines is 2. The summed E-state index contributed by atoms with van der Waals surface area (Å²) in [5.74, 6) is 4.39. The molecule has 0 aliphatic carbocycles. The molecule has 17 heteroatoms. The Morgan fingerprint density at radius 2 is 1.28 bits per heavy atom. The van der Waals surface area contributed by atoms with E-state index in [1.807, 2.05) is 46.5 Å². The van der Waals surface area contributed by atoms with Crippen molar-refractivity contribution in [3.05, 3.63) is 71.5 Å². The number of rotatable bonds is 13. The summed E-state index contributed by atoms with van der Waals surface area (Å²) in [4.78, 5) is 61.7. The smallest absolute Gasteiger partial charge is 0.224 e. The van der Waals surface area contributed by atoms with Gasteiger partial charge in [0.2, 0.25) is 11.8 Å². The van der Waals surface area contributed by atoms with E-state index in [0.29, 0.717) is 58.9 Å². The summed E-state index contributed by atoms with van der Waals surface area (Å²) in [6.07, 6.45) is 15.7. The summed E-state index contributed by atoms with van der Waals surface area (Å²) in [5.41, 5.74) is 3.23. The normalized spacial score (nSPS) is 16.8. The van der Waals surface area contributed by atoms with Crippen molar-refractivity contribution in [2.45, 2.75) is 52.4 Å². The van der Waals surface area contributed by atoms with E-state index in [4.69, 9.17) is 27.9 Å². The van der Waals surface area contributed by atoms with E-state index in [1.54, 1.807) is 31.9 Å². The van der Waals surface area contributed by atoms with Crippen molar-refractivity contribution < 1.29 is 14.3 Å². The van der Waals surface area contributed by atoms with Gasteiger partial charge in [-0.05, 0) is 67.7 Å². The maximum Gasteiger partial charge on any atom is 0.224 e. The van der Waals surface area contributed by atoms with Crippen molar-refractivity contribution >= 4 is 68.7 Å². The van der Waals surface area contributed by atoms with Gasteiger partial charge in [-0.15, -0.1) is 0 Å². The number of carbonyl (C=O) groups excluding carboxylic acids is 2. The monoisotopic (exact) mass is 854 g/mol. The Morgan fingerprint density at radius 3 is 1.77 bits per heavy atom. The number of carbonyl (C=O) groups is 2. The minimum absolute atomic E-state index is 0.164. The van der Waals surface area contributed by atoms with Crippen LogP contribution in [0.2, 0.25) is 10.0 Å². The van der Waals surface area contributed by atoms with Crippen LogP contribution in [0.1, 0.15) is 52.4 Å². The summed E-state index contributed by atoms with van der Waals surface area (Å²) in [6.45, 7) is 9.45. The van der Waals surface area contributed by atoms with Crippen molar-refractivity contribution in [1.82, 2.24) is 49.7 Å². The molecule has 2 saturated heterocycles. The van der Waals surface area contributed by atoms with Crippen LogP contribution in [0.5, 0.6) is 0 Å². The maximum atomic E-state index is 12.4. The fraction of sp³-hybridized carbons (Fsp3) is 0.442. The molecule has 316 valence electrons. The number of fused-ring (bicyclic) bond motifs is 2. The third-order valence-electron chi connectivity index (χ3n) is 10.8. The van der Waals surface area contributed by atoms with Gasteiger partial charge in [0, 0.05) is 112 Å². The molecule has 0 aromatic carbocycles. The predicted octanol–water partition coefficient (Wildman–Crippen LogP) is 7.73. The van der Waals surface area contributed by atoms with Gasteiger partial charge in [0.1, 0.15) is 22.9 Å². The van der Waals surface area contributed by atoms with Crippen LogP contribution in [-0.4, -0.2) is 114 Å². The van der Waals surface area contributed by atoms with Crippen LogP contribution in [0.15, 0.2) is 61.4 Å². The van der Waals surface area contributed by atoms with Gasteiger partial charge in [0.25, 0.3) is 0 Å². The van der Waals surface area contributed by atoms with Crippen LogP contribution < -0.4 is 10.6 Å². The highest BCUT2D eigenvalue weighted by Gasteiger charge is 2.25. The molecule has 0 bridgehead atoms. The van der Waals surface area contributed by atoms with Gasteiger partial charge in [0.15, 0.2) is 11.6 Å². The number of halogens is 2. The van der Waals surface area contributed by atoms with E-state index < -0.39 is 0 Å². The fourth-order valence-electron chi connectivity index (χ4n) is 7.74. The number of H-pyrrole nitrogens is 2. The van der Waals surface area contributed by atoms with Crippen molar-refractivity contribution in [3.63, 3.8) is 0 Å². The number of nitrogens with one attached hydrogen (secondary N) is 4. The highest BCUT2D eigenvalue weighted by Crippen LogP contribution is 2.29. The Morgan fingerprint density at radius 1 is 0.783 bits per heavy atom. The molecular weight excluding hydrogens is 803 g/mol. The van der Waals surface area contributed by atoms with Gasteiger partial charge in [-0.25, -0.2) is 29.9 Å². The van der Waals surface area contributed by atoms with E-state index >= 15 is 0 Å². The molecule has 4 N–H and O–H groups in total. The first-order valence-electron chi connectivity index (χ1n) is 20.6. The lowest BCUT2D eigenvalue weighted by molar-refractivity contribution is -0.134. The summed E-state index contributed by atoms with van der Waals surface area (Å²) in [6, 6.07) is 7.45. The summed E-state index contributed by atoms with van der Waals surface area (Å²) in [7, 11) is 1.62. The molecule has 6 aromatic rings. The molecule has 2 aliphatic heterocycles. The average molecular weight is 856 g/mol. The van der Waals surface area contributed by atoms with Crippen LogP contribution in [0.25, 0.3) is 44.8 Å². The molecule has 0 saturated carbocycles. The molecule has 8 heterocycles. The Hall–Kier alpha value is -5.38. The second-order valence-electron chi connectivity index (χ2n) is 15.8. The third-order valence-corrected chi connectivity index (χ3v) is 11.2. The minimum Gasteiger partial charge on any atom is -0.384 e. The standard InChI is InChI=1S/C22H27ClN6O.C21H25ClN6O2/c1-14(2)8-20(30)29-7-3-4-15(13-29)10-25-19-5-6-24-22(28-19)18-12-27-21-17(18)9-16(23)11-26-21;1-30-8-5-19(29)28-7-2-3-14(13-28)10-24-18-4-6-23-21(27-18)17-12-26-20-16(17)9-15(22)11-25-20/h5-6,9,11-12,14-15H,3-4,7-8,10,13H2,1-2H3,(H,26,27)(H,24,25,28);4,6,9,11-12,14H,2-3,5,7-8,10,13H2,1H3,(H,25,26)(H,23,24,27). The highest BCUT2D eigenvalue weighted by molar-refractivity contribution is 6.31. The number of likely N-dealkylation sites (tertiary alicyclic amines) is 2. The molecule has 2 unspecified atom stereocenters. The fourth-order valence-corrected chi connectivity index (χ4v) is 8.06. The molecule has 6 aromatic heterocycles. The minimum atomic E-state index is 0.164. The molecule has 2 aliphatic rings. The molecule has 0 spiro atoms. The number of anilines is 2. The zero-order chi connectivity index (χ0) is 42.0. The largest absolute Gasteiger partial charge is 0.384 e. The molecule has 0 radical (unpaired) electrons. The van der Waals surface area contributed by atoms with Crippen molar-refractivity contribution in [2.24, 2.45) is 17.8 Å². The molecule has 2 atom stereocenters. The van der Waals surface area contributed by atoms with Crippen LogP contribution in [-0.2, 0) is 14.3 Å². The lowest BCUT2D eigenvalue weighted by atomic mass is 9.97. The zero-order valence-corrected chi connectivity index (χ0v) is 35.8. The van der Waals surface area contributed by atoms with Gasteiger partial charge in [-0.3, -0.25) is 9.59 Å². The first kappa shape index (κ1) is 42.7. The molecule has 2 amide bonds. The SMILES string of the molecule is CC(C)CC(=O)N1CCCC(CNc2ccnc(-c3c[nH]c4ncc(Cl)cc34)n2)C1.COCCC(=O)N1CCCC(CNc2ccnc(-c3c[nH]c4ncc(Cl)cc34)n2)C1. The third kappa shape index (κ3) is 11.1. The topological polar surface area (TPSA) is 183 Å². The highest BCUT2D eigenvalue weighted by atomic mass is 35.5. The second kappa shape index (κ2) is 20.3. The lowest BCUT2D eigenvalue weighted by Crippen LogP contribution is -2.42. The van der Waals surface area contributed by atoms with Crippen molar-refractivity contribution in [3.8, 4) is 22.8 Å².